The highest BCUT2D eigenvalue weighted by atomic mass is 16.5. The van der Waals surface area contributed by atoms with Crippen LogP contribution in [0.3, 0.4) is 0 Å². The van der Waals surface area contributed by atoms with Crippen molar-refractivity contribution in [1.29, 1.82) is 0 Å². The van der Waals surface area contributed by atoms with Crippen LogP contribution in [0.25, 0.3) is 0 Å². The third-order valence-corrected chi connectivity index (χ3v) is 4.43. The van der Waals surface area contributed by atoms with Gasteiger partial charge in [0.15, 0.2) is 11.5 Å². The molecule has 0 aliphatic heterocycles. The number of nitrogens with one attached hydrogen (secondary N) is 2. The van der Waals surface area contributed by atoms with Crippen LogP contribution < -0.4 is 24.8 Å². The number of hydrogen-bond donors (Lipinski definition) is 2. The van der Waals surface area contributed by atoms with Gasteiger partial charge in [0.1, 0.15) is 11.6 Å². The maximum Gasteiger partial charge on any atom is 0.224 e. The minimum Gasteiger partial charge on any atom is -0.497 e. The van der Waals surface area contributed by atoms with Gasteiger partial charge in [0.2, 0.25) is 5.95 Å². The molecule has 0 saturated carbocycles. The molecule has 7 heteroatoms. The fourth-order valence-electron chi connectivity index (χ4n) is 2.84. The highest BCUT2D eigenvalue weighted by Gasteiger charge is 2.05. The molecule has 1 aromatic heterocycles. The van der Waals surface area contributed by atoms with Gasteiger partial charge in [-0.2, -0.15) is 4.98 Å². The van der Waals surface area contributed by atoms with E-state index >= 15 is 0 Å². The van der Waals surface area contributed by atoms with E-state index in [2.05, 4.69) is 32.7 Å². The van der Waals surface area contributed by atoms with E-state index < -0.39 is 0 Å². The van der Waals surface area contributed by atoms with E-state index in [0.29, 0.717) is 24.0 Å². The fourth-order valence-corrected chi connectivity index (χ4v) is 2.84. The zero-order valence-corrected chi connectivity index (χ0v) is 16.9. The number of methoxy groups -OCH3 is 3. The maximum atomic E-state index is 5.34. The molecule has 0 bridgehead atoms. The summed E-state index contributed by atoms with van der Waals surface area (Å²) in [4.78, 5) is 8.80. The molecule has 0 amide bonds. The first-order valence-electron chi connectivity index (χ1n) is 9.36. The second kappa shape index (κ2) is 10.2. The molecule has 0 spiro atoms. The summed E-state index contributed by atoms with van der Waals surface area (Å²) in [6, 6.07) is 15.7. The second-order valence-electron chi connectivity index (χ2n) is 6.33. The third kappa shape index (κ3) is 5.75. The zero-order valence-electron chi connectivity index (χ0n) is 16.9. The first-order valence-corrected chi connectivity index (χ1v) is 9.36. The molecule has 7 nitrogen and oxygen atoms in total. The van der Waals surface area contributed by atoms with Crippen LogP contribution >= 0.6 is 0 Å². The van der Waals surface area contributed by atoms with Crippen LogP contribution in [0.15, 0.2) is 54.7 Å². The summed E-state index contributed by atoms with van der Waals surface area (Å²) >= 11 is 0. The van der Waals surface area contributed by atoms with Crippen molar-refractivity contribution in [3.8, 4) is 17.2 Å². The Labute approximate surface area is 171 Å². The van der Waals surface area contributed by atoms with Crippen molar-refractivity contribution in [2.24, 2.45) is 0 Å². The number of anilines is 2. The van der Waals surface area contributed by atoms with Crippen molar-refractivity contribution >= 4 is 11.8 Å². The summed E-state index contributed by atoms with van der Waals surface area (Å²) < 4.78 is 15.8. The molecule has 3 aromatic rings. The van der Waals surface area contributed by atoms with Gasteiger partial charge in [-0.3, -0.25) is 0 Å². The van der Waals surface area contributed by atoms with Gasteiger partial charge in [-0.1, -0.05) is 18.2 Å². The molecular formula is C22H26N4O3. The van der Waals surface area contributed by atoms with Crippen molar-refractivity contribution in [2.45, 2.75) is 13.0 Å². The van der Waals surface area contributed by atoms with E-state index in [1.807, 2.05) is 36.4 Å². The maximum absolute atomic E-state index is 5.34. The van der Waals surface area contributed by atoms with E-state index in [0.717, 1.165) is 30.1 Å². The van der Waals surface area contributed by atoms with Gasteiger partial charge in [0, 0.05) is 19.3 Å². The zero-order chi connectivity index (χ0) is 20.5. The molecule has 0 unspecified atom stereocenters. The Morgan fingerprint density at radius 2 is 1.55 bits per heavy atom. The van der Waals surface area contributed by atoms with Crippen molar-refractivity contribution in [3.05, 3.63) is 65.9 Å². The molecule has 152 valence electrons. The van der Waals surface area contributed by atoms with Gasteiger partial charge in [0.05, 0.1) is 21.3 Å². The molecule has 2 aromatic carbocycles. The van der Waals surface area contributed by atoms with E-state index in [1.54, 1.807) is 27.5 Å². The molecule has 0 aliphatic rings. The number of ether oxygens (including phenoxy) is 3. The Hall–Kier alpha value is -3.48. The minimum absolute atomic E-state index is 0.564. The number of nitrogens with zero attached hydrogens (tertiary/aromatic N) is 2. The lowest BCUT2D eigenvalue weighted by molar-refractivity contribution is 0.354. The van der Waals surface area contributed by atoms with Crippen molar-refractivity contribution < 1.29 is 14.2 Å². The molecule has 0 saturated heterocycles. The summed E-state index contributed by atoms with van der Waals surface area (Å²) in [5, 5.41) is 6.57. The first kappa shape index (κ1) is 20.3. The summed E-state index contributed by atoms with van der Waals surface area (Å²) in [5.74, 6) is 3.61. The first-order chi connectivity index (χ1) is 14.2. The van der Waals surface area contributed by atoms with Gasteiger partial charge >= 0.3 is 0 Å². The summed E-state index contributed by atoms with van der Waals surface area (Å²) in [7, 11) is 4.92. The minimum atomic E-state index is 0.564. The van der Waals surface area contributed by atoms with E-state index in [9.17, 15) is 0 Å². The summed E-state index contributed by atoms with van der Waals surface area (Å²) in [6.07, 6.45) is 2.63. The lowest BCUT2D eigenvalue weighted by atomic mass is 10.1. The van der Waals surface area contributed by atoms with E-state index in [1.165, 1.54) is 5.56 Å². The number of rotatable bonds is 10. The SMILES string of the molecule is COc1ccc(CCNc2ccnc(NCc3ccc(OC)c(OC)c3)n2)cc1. The van der Waals surface area contributed by atoms with Gasteiger partial charge < -0.3 is 24.8 Å². The fraction of sp³-hybridized carbons (Fsp3) is 0.273. The molecule has 0 aliphatic carbocycles. The Kier molecular flexibility index (Phi) is 7.10. The van der Waals surface area contributed by atoms with Crippen LogP contribution in [0, 0.1) is 0 Å². The van der Waals surface area contributed by atoms with Gasteiger partial charge in [-0.25, -0.2) is 4.98 Å². The monoisotopic (exact) mass is 394 g/mol. The van der Waals surface area contributed by atoms with Crippen LogP contribution in [0.2, 0.25) is 0 Å². The van der Waals surface area contributed by atoms with Crippen LogP contribution in [-0.4, -0.2) is 37.8 Å². The van der Waals surface area contributed by atoms with E-state index in [-0.39, 0.29) is 0 Å². The predicted octanol–water partition coefficient (Wildman–Crippen LogP) is 3.77. The van der Waals surface area contributed by atoms with Gasteiger partial charge in [-0.15, -0.1) is 0 Å². The van der Waals surface area contributed by atoms with Crippen LogP contribution in [-0.2, 0) is 13.0 Å². The van der Waals surface area contributed by atoms with Crippen LogP contribution in [0.1, 0.15) is 11.1 Å². The highest BCUT2D eigenvalue weighted by molar-refractivity contribution is 5.45. The average Bonchev–Trinajstić information content (AvgIpc) is 2.78. The van der Waals surface area contributed by atoms with E-state index in [4.69, 9.17) is 14.2 Å². The molecule has 0 radical (unpaired) electrons. The van der Waals surface area contributed by atoms with Crippen molar-refractivity contribution in [3.63, 3.8) is 0 Å². The largest absolute Gasteiger partial charge is 0.497 e. The Morgan fingerprint density at radius 1 is 0.793 bits per heavy atom. The highest BCUT2D eigenvalue weighted by Crippen LogP contribution is 2.27. The van der Waals surface area contributed by atoms with Crippen LogP contribution in [0.5, 0.6) is 17.2 Å². The molecule has 2 N–H and O–H groups in total. The Bertz CT molecular complexity index is 916. The number of hydrogen-bond acceptors (Lipinski definition) is 7. The standard InChI is InChI=1S/C22H26N4O3/c1-27-18-7-4-16(5-8-18)10-12-23-21-11-13-24-22(26-21)25-15-17-6-9-19(28-2)20(14-17)29-3/h4-9,11,13-14H,10,12,15H2,1-3H3,(H2,23,24,25,26). The van der Waals surface area contributed by atoms with Crippen molar-refractivity contribution in [1.82, 2.24) is 9.97 Å². The van der Waals surface area contributed by atoms with Crippen molar-refractivity contribution in [2.75, 3.05) is 38.5 Å². The lowest BCUT2D eigenvalue weighted by Gasteiger charge is -2.11. The van der Waals surface area contributed by atoms with Crippen LogP contribution in [0.4, 0.5) is 11.8 Å². The number of benzene rings is 2. The normalized spacial score (nSPS) is 10.3. The lowest BCUT2D eigenvalue weighted by Crippen LogP contribution is -2.09. The molecule has 3 rings (SSSR count). The molecule has 0 atom stereocenters. The third-order valence-electron chi connectivity index (χ3n) is 4.43. The van der Waals surface area contributed by atoms with Gasteiger partial charge in [0.25, 0.3) is 0 Å². The second-order valence-corrected chi connectivity index (χ2v) is 6.33. The average molecular weight is 394 g/mol. The molecule has 1 heterocycles. The van der Waals surface area contributed by atoms with Gasteiger partial charge in [-0.05, 0) is 47.9 Å². The molecule has 0 fully saturated rings. The quantitative estimate of drug-likeness (QED) is 0.542. The topological polar surface area (TPSA) is 77.5 Å². The summed E-state index contributed by atoms with van der Waals surface area (Å²) in [6.45, 7) is 1.36. The Balaban J connectivity index is 1.52. The summed E-state index contributed by atoms with van der Waals surface area (Å²) in [5.41, 5.74) is 2.28. The molecular weight excluding hydrogens is 368 g/mol. The Morgan fingerprint density at radius 3 is 2.28 bits per heavy atom. The predicted molar refractivity (Wildman–Crippen MR) is 114 cm³/mol. The number of aromatic nitrogens is 2. The molecule has 29 heavy (non-hydrogen) atoms. The smallest absolute Gasteiger partial charge is 0.224 e.